The number of hydrogen-bond acceptors (Lipinski definition) is 5. The van der Waals surface area contributed by atoms with E-state index in [1.54, 1.807) is 18.4 Å². The number of carbonyl (C=O) groups is 1. The Balaban J connectivity index is 1.85. The SMILES string of the molecule is COc1ccccc1C1CNCCN1C(=O)c1csc(CC(C)C)n1. The van der Waals surface area contributed by atoms with Crippen LogP contribution in [0.3, 0.4) is 0 Å². The van der Waals surface area contributed by atoms with Crippen molar-refractivity contribution in [2.75, 3.05) is 26.7 Å². The molecule has 1 amide bonds. The molecule has 25 heavy (non-hydrogen) atoms. The van der Waals surface area contributed by atoms with Crippen LogP contribution in [0.15, 0.2) is 29.6 Å². The van der Waals surface area contributed by atoms with E-state index >= 15 is 0 Å². The maximum atomic E-state index is 13.1. The molecule has 5 nitrogen and oxygen atoms in total. The number of piperazine rings is 1. The Hall–Kier alpha value is -1.92. The molecule has 1 atom stereocenters. The molecule has 6 heteroatoms. The van der Waals surface area contributed by atoms with Crippen molar-refractivity contribution in [2.45, 2.75) is 26.3 Å². The molecule has 1 aromatic heterocycles. The van der Waals surface area contributed by atoms with Crippen molar-refractivity contribution in [3.63, 3.8) is 0 Å². The number of ether oxygens (including phenoxy) is 1. The van der Waals surface area contributed by atoms with Gasteiger partial charge in [0.1, 0.15) is 11.4 Å². The summed E-state index contributed by atoms with van der Waals surface area (Å²) < 4.78 is 5.50. The van der Waals surface area contributed by atoms with E-state index in [0.29, 0.717) is 18.2 Å². The number of carbonyl (C=O) groups excluding carboxylic acids is 1. The summed E-state index contributed by atoms with van der Waals surface area (Å²) >= 11 is 1.58. The molecular formula is C19H25N3O2S. The molecule has 0 saturated carbocycles. The van der Waals surface area contributed by atoms with Crippen LogP contribution in [0.5, 0.6) is 5.75 Å². The smallest absolute Gasteiger partial charge is 0.273 e. The van der Waals surface area contributed by atoms with E-state index in [1.165, 1.54) is 0 Å². The second-order valence-electron chi connectivity index (χ2n) is 6.68. The van der Waals surface area contributed by atoms with E-state index in [0.717, 1.165) is 35.8 Å². The first-order valence-electron chi connectivity index (χ1n) is 8.69. The Morgan fingerprint density at radius 3 is 3.00 bits per heavy atom. The van der Waals surface area contributed by atoms with Crippen molar-refractivity contribution >= 4 is 17.2 Å². The standard InChI is InChI=1S/C19H25N3O2S/c1-13(2)10-18-21-15(12-25-18)19(23)22-9-8-20-11-16(22)14-6-4-5-7-17(14)24-3/h4-7,12-13,16,20H,8-11H2,1-3H3. The maximum absolute atomic E-state index is 13.1. The number of benzene rings is 1. The summed E-state index contributed by atoms with van der Waals surface area (Å²) in [5.74, 6) is 1.35. The van der Waals surface area contributed by atoms with Gasteiger partial charge in [-0.3, -0.25) is 4.79 Å². The van der Waals surface area contributed by atoms with Gasteiger partial charge >= 0.3 is 0 Å². The minimum Gasteiger partial charge on any atom is -0.496 e. The average molecular weight is 359 g/mol. The van der Waals surface area contributed by atoms with E-state index in [2.05, 4.69) is 24.1 Å². The lowest BCUT2D eigenvalue weighted by atomic mass is 10.0. The molecule has 0 radical (unpaired) electrons. The fourth-order valence-corrected chi connectivity index (χ4v) is 4.15. The molecule has 3 rings (SSSR count). The predicted molar refractivity (Wildman–Crippen MR) is 100 cm³/mol. The molecule has 1 aliphatic rings. The third-order valence-corrected chi connectivity index (χ3v) is 5.23. The number of nitrogens with zero attached hydrogens (tertiary/aromatic N) is 2. The quantitative estimate of drug-likeness (QED) is 0.891. The van der Waals surface area contributed by atoms with Gasteiger partial charge in [-0.25, -0.2) is 4.98 Å². The second-order valence-corrected chi connectivity index (χ2v) is 7.63. The van der Waals surface area contributed by atoms with E-state index < -0.39 is 0 Å². The average Bonchev–Trinajstić information content (AvgIpc) is 3.08. The van der Waals surface area contributed by atoms with Crippen molar-refractivity contribution in [3.8, 4) is 5.75 Å². The number of para-hydroxylation sites is 1. The van der Waals surface area contributed by atoms with Gasteiger partial charge in [0.15, 0.2) is 0 Å². The molecule has 2 heterocycles. The van der Waals surface area contributed by atoms with Gasteiger partial charge in [-0.15, -0.1) is 11.3 Å². The van der Waals surface area contributed by atoms with E-state index in [9.17, 15) is 4.79 Å². The topological polar surface area (TPSA) is 54.5 Å². The second kappa shape index (κ2) is 7.97. The number of aromatic nitrogens is 1. The maximum Gasteiger partial charge on any atom is 0.273 e. The van der Waals surface area contributed by atoms with Crippen molar-refractivity contribution < 1.29 is 9.53 Å². The molecule has 1 aromatic carbocycles. The fourth-order valence-electron chi connectivity index (χ4n) is 3.17. The van der Waals surface area contributed by atoms with Crippen molar-refractivity contribution in [3.05, 3.63) is 45.9 Å². The Morgan fingerprint density at radius 2 is 2.24 bits per heavy atom. The summed E-state index contributed by atoms with van der Waals surface area (Å²) in [4.78, 5) is 19.6. The number of thiazole rings is 1. The van der Waals surface area contributed by atoms with E-state index in [1.807, 2.05) is 34.5 Å². The summed E-state index contributed by atoms with van der Waals surface area (Å²) in [5, 5.41) is 6.31. The summed E-state index contributed by atoms with van der Waals surface area (Å²) in [6.45, 7) is 6.50. The van der Waals surface area contributed by atoms with Gasteiger partial charge < -0.3 is 15.0 Å². The zero-order valence-electron chi connectivity index (χ0n) is 15.0. The molecule has 1 fully saturated rings. The van der Waals surface area contributed by atoms with Crippen LogP contribution >= 0.6 is 11.3 Å². The van der Waals surface area contributed by atoms with Crippen LogP contribution < -0.4 is 10.1 Å². The van der Waals surface area contributed by atoms with Gasteiger partial charge in [0, 0.05) is 37.0 Å². The van der Waals surface area contributed by atoms with Crippen molar-refractivity contribution in [1.82, 2.24) is 15.2 Å². The lowest BCUT2D eigenvalue weighted by Gasteiger charge is -2.36. The molecule has 2 aromatic rings. The van der Waals surface area contributed by atoms with Gasteiger partial charge in [-0.1, -0.05) is 32.0 Å². The molecule has 1 unspecified atom stereocenters. The van der Waals surface area contributed by atoms with Crippen molar-refractivity contribution in [2.24, 2.45) is 5.92 Å². The first kappa shape index (κ1) is 17.9. The Kier molecular flexibility index (Phi) is 5.71. The van der Waals surface area contributed by atoms with Crippen LogP contribution in [0.4, 0.5) is 0 Å². The van der Waals surface area contributed by atoms with Gasteiger partial charge in [0.05, 0.1) is 18.2 Å². The summed E-state index contributed by atoms with van der Waals surface area (Å²) in [6, 6.07) is 7.85. The number of rotatable bonds is 5. The number of nitrogens with one attached hydrogen (secondary N) is 1. The third-order valence-electron chi connectivity index (χ3n) is 4.36. The van der Waals surface area contributed by atoms with Crippen molar-refractivity contribution in [1.29, 1.82) is 0 Å². The van der Waals surface area contributed by atoms with Gasteiger partial charge in [-0.2, -0.15) is 0 Å². The number of hydrogen-bond donors (Lipinski definition) is 1. The van der Waals surface area contributed by atoms with Crippen LogP contribution in [0.1, 0.15) is 40.9 Å². The lowest BCUT2D eigenvalue weighted by molar-refractivity contribution is 0.0626. The molecule has 1 N–H and O–H groups in total. The Labute approximate surface area is 153 Å². The lowest BCUT2D eigenvalue weighted by Crippen LogP contribution is -2.48. The molecular weight excluding hydrogens is 334 g/mol. The molecule has 0 spiro atoms. The van der Waals surface area contributed by atoms with Crippen LogP contribution in [0.25, 0.3) is 0 Å². The first-order valence-corrected chi connectivity index (χ1v) is 9.57. The zero-order valence-corrected chi connectivity index (χ0v) is 15.8. The fraction of sp³-hybridized carbons (Fsp3) is 0.474. The van der Waals surface area contributed by atoms with Crippen LogP contribution in [0.2, 0.25) is 0 Å². The van der Waals surface area contributed by atoms with Crippen LogP contribution in [-0.4, -0.2) is 42.5 Å². The minimum atomic E-state index is -0.0485. The highest BCUT2D eigenvalue weighted by Gasteiger charge is 2.31. The van der Waals surface area contributed by atoms with E-state index in [-0.39, 0.29) is 11.9 Å². The van der Waals surface area contributed by atoms with Gasteiger partial charge in [-0.05, 0) is 12.0 Å². The Morgan fingerprint density at radius 1 is 1.44 bits per heavy atom. The largest absolute Gasteiger partial charge is 0.496 e. The molecule has 0 bridgehead atoms. The summed E-state index contributed by atoms with van der Waals surface area (Å²) in [6.07, 6.45) is 0.912. The number of methoxy groups -OCH3 is 1. The highest BCUT2D eigenvalue weighted by atomic mass is 32.1. The zero-order chi connectivity index (χ0) is 17.8. The minimum absolute atomic E-state index is 0.00339. The van der Waals surface area contributed by atoms with Gasteiger partial charge in [0.25, 0.3) is 5.91 Å². The molecule has 134 valence electrons. The summed E-state index contributed by atoms with van der Waals surface area (Å²) in [7, 11) is 1.67. The number of amides is 1. The first-order chi connectivity index (χ1) is 12.1. The highest BCUT2D eigenvalue weighted by molar-refractivity contribution is 7.09. The van der Waals surface area contributed by atoms with E-state index in [4.69, 9.17) is 4.74 Å². The van der Waals surface area contributed by atoms with Crippen LogP contribution in [-0.2, 0) is 6.42 Å². The van der Waals surface area contributed by atoms with Crippen LogP contribution in [0, 0.1) is 5.92 Å². The Bertz CT molecular complexity index is 729. The molecule has 0 aliphatic carbocycles. The highest BCUT2D eigenvalue weighted by Crippen LogP contribution is 2.31. The predicted octanol–water partition coefficient (Wildman–Crippen LogP) is 3.14. The monoisotopic (exact) mass is 359 g/mol. The molecule has 1 saturated heterocycles. The molecule has 1 aliphatic heterocycles. The van der Waals surface area contributed by atoms with Gasteiger partial charge in [0.2, 0.25) is 0 Å². The third kappa shape index (κ3) is 4.02. The normalized spacial score (nSPS) is 17.8. The summed E-state index contributed by atoms with van der Waals surface area (Å²) in [5.41, 5.74) is 1.59.